The van der Waals surface area contributed by atoms with Gasteiger partial charge in [-0.2, -0.15) is 13.2 Å². The predicted molar refractivity (Wildman–Crippen MR) is 92.4 cm³/mol. The monoisotopic (exact) mass is 389 g/mol. The molecule has 8 nitrogen and oxygen atoms in total. The first-order chi connectivity index (χ1) is 12.4. The molecule has 0 rings (SSSR count). The highest BCUT2D eigenvalue weighted by Gasteiger charge is 2.24. The summed E-state index contributed by atoms with van der Waals surface area (Å²) < 4.78 is 36.4. The normalized spacial score (nSPS) is 13.9. The molecule has 0 atom stereocenters. The van der Waals surface area contributed by atoms with Crippen LogP contribution < -0.4 is 5.32 Å². The first-order valence-corrected chi connectivity index (χ1v) is 7.22. The lowest BCUT2D eigenvalue weighted by molar-refractivity contribution is -0.421. The number of aliphatic hydroxyl groups excluding tert-OH is 2. The number of hydrogen-bond acceptors (Lipinski definition) is 6. The minimum atomic E-state index is -4.41. The summed E-state index contributed by atoms with van der Waals surface area (Å²) in [5.74, 6) is -2.93. The van der Waals surface area contributed by atoms with E-state index in [1.807, 2.05) is 0 Å². The maximum atomic E-state index is 12.1. The second kappa shape index (κ2) is 10.6. The van der Waals surface area contributed by atoms with Crippen LogP contribution in [0.4, 0.5) is 13.2 Å². The fourth-order valence-corrected chi connectivity index (χ4v) is 1.60. The Labute approximate surface area is 152 Å². The first-order valence-electron chi connectivity index (χ1n) is 7.22. The number of alkyl halides is 3. The number of carbonyl (C=O) groups excluding carboxylic acids is 1. The quantitative estimate of drug-likeness (QED) is 0.146. The first kappa shape index (κ1) is 23.6. The number of halogens is 3. The molecule has 0 aliphatic heterocycles. The third kappa shape index (κ3) is 10.3. The van der Waals surface area contributed by atoms with Gasteiger partial charge in [-0.3, -0.25) is 14.9 Å². The molecule has 0 aromatic rings. The van der Waals surface area contributed by atoms with E-state index in [2.05, 4.69) is 23.5 Å². The Hall–Kier alpha value is -3.37. The van der Waals surface area contributed by atoms with Crippen molar-refractivity contribution in [1.29, 1.82) is 0 Å². The van der Waals surface area contributed by atoms with Crippen LogP contribution in [0.2, 0.25) is 0 Å². The molecule has 0 heterocycles. The highest BCUT2D eigenvalue weighted by Crippen LogP contribution is 2.19. The summed E-state index contributed by atoms with van der Waals surface area (Å²) in [5.41, 5.74) is -0.762. The van der Waals surface area contributed by atoms with Gasteiger partial charge in [-0.15, -0.1) is 0 Å². The molecule has 0 aromatic carbocycles. The van der Waals surface area contributed by atoms with Gasteiger partial charge in [0, 0.05) is 18.7 Å². The summed E-state index contributed by atoms with van der Waals surface area (Å²) in [7, 11) is 0. The van der Waals surface area contributed by atoms with Crippen LogP contribution in [0.25, 0.3) is 0 Å². The molecule has 0 radical (unpaired) electrons. The van der Waals surface area contributed by atoms with Crippen molar-refractivity contribution in [3.8, 4) is 0 Å². The molecule has 0 unspecified atom stereocenters. The van der Waals surface area contributed by atoms with E-state index < -0.39 is 47.1 Å². The van der Waals surface area contributed by atoms with Gasteiger partial charge < -0.3 is 15.5 Å². The van der Waals surface area contributed by atoms with E-state index in [0.717, 1.165) is 24.4 Å². The van der Waals surface area contributed by atoms with Crippen LogP contribution in [0.15, 0.2) is 65.4 Å². The Morgan fingerprint density at radius 1 is 1.37 bits per heavy atom. The van der Waals surface area contributed by atoms with Gasteiger partial charge in [0.1, 0.15) is 5.84 Å². The lowest BCUT2D eigenvalue weighted by atomic mass is 10.1. The van der Waals surface area contributed by atoms with Crippen molar-refractivity contribution in [3.05, 3.63) is 70.5 Å². The average Bonchev–Trinajstić information content (AvgIpc) is 2.50. The number of allylic oxidation sites excluding steroid dienone is 2. The summed E-state index contributed by atoms with van der Waals surface area (Å²) in [6.45, 7) is 7.56. The summed E-state index contributed by atoms with van der Waals surface area (Å²) in [4.78, 5) is 25.4. The fraction of sp³-hybridized carbons (Fsp3) is 0.250. The van der Waals surface area contributed by atoms with Crippen LogP contribution in [0.3, 0.4) is 0 Å². The maximum absolute atomic E-state index is 12.1. The Kier molecular flexibility index (Phi) is 9.26. The number of amides is 1. The molecule has 27 heavy (non-hydrogen) atoms. The smallest absolute Gasteiger partial charge is 0.392 e. The van der Waals surface area contributed by atoms with E-state index in [0.29, 0.717) is 0 Å². The Balaban J connectivity index is 5.21. The van der Waals surface area contributed by atoms with E-state index in [-0.39, 0.29) is 11.4 Å². The highest BCUT2D eigenvalue weighted by molar-refractivity contribution is 6.04. The van der Waals surface area contributed by atoms with E-state index in [1.54, 1.807) is 0 Å². The van der Waals surface area contributed by atoms with Crippen molar-refractivity contribution < 1.29 is 33.1 Å². The molecule has 0 aliphatic rings. The zero-order valence-electron chi connectivity index (χ0n) is 14.3. The van der Waals surface area contributed by atoms with Crippen LogP contribution in [-0.4, -0.2) is 33.1 Å². The number of aliphatic imine (C=N–C) groups is 1. The number of aliphatic hydroxyl groups is 2. The number of hydrogen-bond donors (Lipinski definition) is 3. The van der Waals surface area contributed by atoms with Crippen LogP contribution in [-0.2, 0) is 4.79 Å². The summed E-state index contributed by atoms with van der Waals surface area (Å²) in [6.07, 6.45) is -2.48. The molecule has 3 N–H and O–H groups in total. The number of carbonyl (C=O) groups is 1. The van der Waals surface area contributed by atoms with Gasteiger partial charge in [0.05, 0.1) is 11.3 Å². The topological polar surface area (TPSA) is 125 Å². The molecular weight excluding hydrogens is 371 g/mol. The van der Waals surface area contributed by atoms with Crippen molar-refractivity contribution in [1.82, 2.24) is 5.32 Å². The van der Waals surface area contributed by atoms with Crippen LogP contribution in [0, 0.1) is 10.1 Å². The van der Waals surface area contributed by atoms with Gasteiger partial charge in [0.2, 0.25) is 11.7 Å². The lowest BCUT2D eigenvalue weighted by Crippen LogP contribution is -2.29. The van der Waals surface area contributed by atoms with Gasteiger partial charge in [0.15, 0.2) is 5.76 Å². The van der Waals surface area contributed by atoms with Gasteiger partial charge >= 0.3 is 11.9 Å². The number of nitrogens with zero attached hydrogens (tertiary/aromatic N) is 2. The average molecular weight is 389 g/mol. The second-order valence-corrected chi connectivity index (χ2v) is 5.07. The minimum absolute atomic E-state index is 0.115. The fourth-order valence-electron chi connectivity index (χ4n) is 1.60. The number of amidine groups is 1. The van der Waals surface area contributed by atoms with Gasteiger partial charge in [-0.1, -0.05) is 24.8 Å². The van der Waals surface area contributed by atoms with Crippen molar-refractivity contribution in [3.63, 3.8) is 0 Å². The second-order valence-electron chi connectivity index (χ2n) is 5.07. The number of nitro groups is 1. The van der Waals surface area contributed by atoms with Crippen molar-refractivity contribution >= 4 is 11.7 Å². The molecular formula is C16H18F3N3O5. The third-order valence-corrected chi connectivity index (χ3v) is 2.66. The van der Waals surface area contributed by atoms with Gasteiger partial charge in [0.25, 0.3) is 0 Å². The molecule has 1 amide bonds. The molecule has 0 spiro atoms. The SMILES string of the molecule is C=C/N=C(\C=C/CC(F)(F)F)NC(=O)C/C(C)=C/C(=C(/O)C(=C)O)[N+](=O)[O-]. The largest absolute Gasteiger partial charge is 0.504 e. The molecule has 0 fully saturated rings. The van der Waals surface area contributed by atoms with Crippen molar-refractivity contribution in [2.75, 3.05) is 0 Å². The predicted octanol–water partition coefficient (Wildman–Crippen LogP) is 3.61. The standard InChI is InChI=1S/C16H18F3N3O5/c1-4-20-13(6-5-7-16(17,18)19)21-14(24)9-10(2)8-12(22(26)27)15(25)11(3)23/h4-6,8,23,25H,1,3,7,9H2,2H3,(H,20,21,24)/b6-5-,10-8+,15-12-. The van der Waals surface area contributed by atoms with Crippen molar-refractivity contribution in [2.24, 2.45) is 4.99 Å². The number of nitrogens with one attached hydrogen (secondary N) is 1. The van der Waals surface area contributed by atoms with Crippen molar-refractivity contribution in [2.45, 2.75) is 25.9 Å². The zero-order valence-corrected chi connectivity index (χ0v) is 14.3. The molecule has 0 aliphatic carbocycles. The lowest BCUT2D eigenvalue weighted by Gasteiger charge is -2.06. The van der Waals surface area contributed by atoms with E-state index in [1.165, 1.54) is 6.92 Å². The minimum Gasteiger partial charge on any atom is -0.504 e. The van der Waals surface area contributed by atoms with Crippen LogP contribution in [0.1, 0.15) is 19.8 Å². The Bertz CT molecular complexity index is 734. The van der Waals surface area contributed by atoms with E-state index >= 15 is 0 Å². The highest BCUT2D eigenvalue weighted by atomic mass is 19.4. The molecule has 0 bridgehead atoms. The van der Waals surface area contributed by atoms with E-state index in [9.17, 15) is 33.2 Å². The summed E-state index contributed by atoms with van der Waals surface area (Å²) in [5, 5.41) is 31.6. The van der Waals surface area contributed by atoms with Gasteiger partial charge in [-0.05, 0) is 13.0 Å². The maximum Gasteiger partial charge on any atom is 0.392 e. The van der Waals surface area contributed by atoms with Crippen LogP contribution >= 0.6 is 0 Å². The van der Waals surface area contributed by atoms with E-state index in [4.69, 9.17) is 5.11 Å². The third-order valence-electron chi connectivity index (χ3n) is 2.66. The van der Waals surface area contributed by atoms with Crippen LogP contribution in [0.5, 0.6) is 0 Å². The Morgan fingerprint density at radius 2 is 1.96 bits per heavy atom. The zero-order chi connectivity index (χ0) is 21.2. The number of rotatable bonds is 8. The van der Waals surface area contributed by atoms with Gasteiger partial charge in [-0.25, -0.2) is 4.99 Å². The molecule has 0 saturated carbocycles. The molecule has 148 valence electrons. The molecule has 11 heteroatoms. The molecule has 0 saturated heterocycles. The Morgan fingerprint density at radius 3 is 2.41 bits per heavy atom. The summed E-state index contributed by atoms with van der Waals surface area (Å²) >= 11 is 0. The summed E-state index contributed by atoms with van der Waals surface area (Å²) in [6, 6.07) is 0. The molecule has 0 aromatic heterocycles.